The molecule has 0 saturated carbocycles. The number of hydrogen-bond donors (Lipinski definition) is 1. The van der Waals surface area contributed by atoms with Gasteiger partial charge in [0, 0.05) is 9.13 Å². The molecule has 0 aliphatic carbocycles. The van der Waals surface area contributed by atoms with Crippen LogP contribution in [-0.4, -0.2) is 16.1 Å². The van der Waals surface area contributed by atoms with E-state index in [1.54, 1.807) is 6.07 Å². The van der Waals surface area contributed by atoms with E-state index in [-0.39, 0.29) is 5.56 Å². The van der Waals surface area contributed by atoms with Gasteiger partial charge in [-0.15, -0.1) is 0 Å². The van der Waals surface area contributed by atoms with Crippen LogP contribution >= 0.6 is 22.6 Å². The van der Waals surface area contributed by atoms with Crippen LogP contribution in [0.4, 0.5) is 0 Å². The van der Waals surface area contributed by atoms with Crippen LogP contribution in [0, 0.1) is 3.57 Å². The summed E-state index contributed by atoms with van der Waals surface area (Å²) < 4.78 is 6.75. The van der Waals surface area contributed by atoms with Gasteiger partial charge in [-0.1, -0.05) is 0 Å². The molecule has 0 bridgehead atoms. The lowest BCUT2D eigenvalue weighted by atomic mass is 10.2. The molecule has 0 unspecified atom stereocenters. The van der Waals surface area contributed by atoms with Gasteiger partial charge in [-0.05, 0) is 65.1 Å². The molecule has 5 heteroatoms. The average molecular weight is 365 g/mol. The molecule has 2 aromatic carbocycles. The fourth-order valence-corrected chi connectivity index (χ4v) is 2.14. The summed E-state index contributed by atoms with van der Waals surface area (Å²) >= 11 is 2.23. The summed E-state index contributed by atoms with van der Waals surface area (Å²) in [6.45, 7) is 0. The number of nitrogens with zero attached hydrogens (tertiary/aromatic N) is 1. The van der Waals surface area contributed by atoms with Crippen LogP contribution < -0.4 is 0 Å². The summed E-state index contributed by atoms with van der Waals surface area (Å²) in [7, 11) is 0. The third kappa shape index (κ3) is 2.33. The van der Waals surface area contributed by atoms with Crippen molar-refractivity contribution in [1.82, 2.24) is 4.98 Å². The minimum atomic E-state index is -0.972. The molecule has 0 atom stereocenters. The van der Waals surface area contributed by atoms with Crippen molar-refractivity contribution < 1.29 is 14.3 Å². The molecule has 0 radical (unpaired) electrons. The highest BCUT2D eigenvalue weighted by molar-refractivity contribution is 14.1. The number of rotatable bonds is 2. The summed E-state index contributed by atoms with van der Waals surface area (Å²) in [5.74, 6) is -0.477. The van der Waals surface area contributed by atoms with E-state index < -0.39 is 5.97 Å². The van der Waals surface area contributed by atoms with Crippen molar-refractivity contribution >= 4 is 39.7 Å². The van der Waals surface area contributed by atoms with Gasteiger partial charge in [-0.25, -0.2) is 9.78 Å². The SMILES string of the molecule is O=C(O)c1ccc2oc(-c3ccc(I)cc3)nc2c1. The Balaban J connectivity index is 2.11. The number of fused-ring (bicyclic) bond motifs is 1. The summed E-state index contributed by atoms with van der Waals surface area (Å²) in [5, 5.41) is 8.94. The van der Waals surface area contributed by atoms with Crippen LogP contribution in [0.1, 0.15) is 10.4 Å². The van der Waals surface area contributed by atoms with E-state index in [0.29, 0.717) is 17.0 Å². The maximum absolute atomic E-state index is 10.9. The van der Waals surface area contributed by atoms with Gasteiger partial charge in [0.15, 0.2) is 5.58 Å². The van der Waals surface area contributed by atoms with Crippen molar-refractivity contribution in [2.75, 3.05) is 0 Å². The number of aromatic nitrogens is 1. The highest BCUT2D eigenvalue weighted by atomic mass is 127. The molecule has 19 heavy (non-hydrogen) atoms. The maximum atomic E-state index is 10.9. The Kier molecular flexibility index (Phi) is 2.98. The van der Waals surface area contributed by atoms with E-state index in [4.69, 9.17) is 9.52 Å². The second kappa shape index (κ2) is 4.65. The molecule has 1 heterocycles. The maximum Gasteiger partial charge on any atom is 0.335 e. The predicted molar refractivity (Wildman–Crippen MR) is 79.1 cm³/mol. The van der Waals surface area contributed by atoms with Crippen LogP contribution in [0.15, 0.2) is 46.9 Å². The van der Waals surface area contributed by atoms with E-state index >= 15 is 0 Å². The first-order valence-corrected chi connectivity index (χ1v) is 6.61. The molecule has 3 aromatic rings. The van der Waals surface area contributed by atoms with E-state index in [1.165, 1.54) is 12.1 Å². The summed E-state index contributed by atoms with van der Waals surface area (Å²) in [4.78, 5) is 15.2. The molecule has 0 fully saturated rings. The highest BCUT2D eigenvalue weighted by Gasteiger charge is 2.10. The van der Waals surface area contributed by atoms with Crippen molar-refractivity contribution in [1.29, 1.82) is 0 Å². The van der Waals surface area contributed by atoms with Gasteiger partial charge in [-0.2, -0.15) is 0 Å². The monoisotopic (exact) mass is 365 g/mol. The molecule has 0 saturated heterocycles. The highest BCUT2D eigenvalue weighted by Crippen LogP contribution is 2.25. The second-order valence-electron chi connectivity index (χ2n) is 4.01. The van der Waals surface area contributed by atoms with Crippen LogP contribution in [-0.2, 0) is 0 Å². The minimum Gasteiger partial charge on any atom is -0.478 e. The van der Waals surface area contributed by atoms with Gasteiger partial charge >= 0.3 is 5.97 Å². The standard InChI is InChI=1S/C14H8INO3/c15-10-4-1-8(2-5-10)13-16-11-7-9(14(17)18)3-6-12(11)19-13/h1-7H,(H,17,18). The van der Waals surface area contributed by atoms with Crippen LogP contribution in [0.5, 0.6) is 0 Å². The second-order valence-corrected chi connectivity index (χ2v) is 5.26. The number of carbonyl (C=O) groups is 1. The summed E-state index contributed by atoms with van der Waals surface area (Å²) in [6.07, 6.45) is 0. The normalized spacial score (nSPS) is 10.8. The quantitative estimate of drug-likeness (QED) is 0.702. The number of carboxylic acids is 1. The molecule has 4 nitrogen and oxygen atoms in total. The van der Waals surface area contributed by atoms with E-state index in [1.807, 2.05) is 24.3 Å². The minimum absolute atomic E-state index is 0.204. The number of halogens is 1. The molecule has 0 amide bonds. The Labute approximate surface area is 122 Å². The zero-order valence-electron chi connectivity index (χ0n) is 9.63. The molecule has 0 spiro atoms. The van der Waals surface area contributed by atoms with E-state index in [2.05, 4.69) is 27.6 Å². The van der Waals surface area contributed by atoms with Crippen molar-refractivity contribution in [3.63, 3.8) is 0 Å². The lowest BCUT2D eigenvalue weighted by molar-refractivity contribution is 0.0697. The fourth-order valence-electron chi connectivity index (χ4n) is 1.78. The van der Waals surface area contributed by atoms with Crippen molar-refractivity contribution in [3.05, 3.63) is 51.6 Å². The average Bonchev–Trinajstić information content (AvgIpc) is 2.82. The molecular formula is C14H8INO3. The first-order chi connectivity index (χ1) is 9.13. The Hall–Kier alpha value is -1.89. The Morgan fingerprint density at radius 3 is 2.58 bits per heavy atom. The summed E-state index contributed by atoms with van der Waals surface area (Å²) in [5.41, 5.74) is 2.20. The smallest absolute Gasteiger partial charge is 0.335 e. The molecule has 94 valence electrons. The number of oxazole rings is 1. The van der Waals surface area contributed by atoms with Crippen LogP contribution in [0.2, 0.25) is 0 Å². The zero-order chi connectivity index (χ0) is 13.4. The molecular weight excluding hydrogens is 357 g/mol. The molecule has 1 N–H and O–H groups in total. The molecule has 3 rings (SSSR count). The van der Waals surface area contributed by atoms with Crippen LogP contribution in [0.3, 0.4) is 0 Å². The van der Waals surface area contributed by atoms with Gasteiger partial charge in [0.25, 0.3) is 0 Å². The van der Waals surface area contributed by atoms with Crippen molar-refractivity contribution in [2.24, 2.45) is 0 Å². The third-order valence-corrected chi connectivity index (χ3v) is 3.44. The lowest BCUT2D eigenvalue weighted by Gasteiger charge is -1.94. The Morgan fingerprint density at radius 2 is 1.89 bits per heavy atom. The topological polar surface area (TPSA) is 63.3 Å². The fraction of sp³-hybridized carbons (Fsp3) is 0. The first-order valence-electron chi connectivity index (χ1n) is 5.53. The number of aromatic carboxylic acids is 1. The van der Waals surface area contributed by atoms with Crippen molar-refractivity contribution in [3.8, 4) is 11.5 Å². The van der Waals surface area contributed by atoms with Gasteiger partial charge in [0.1, 0.15) is 5.52 Å². The Morgan fingerprint density at radius 1 is 1.16 bits per heavy atom. The van der Waals surface area contributed by atoms with Gasteiger partial charge < -0.3 is 9.52 Å². The first kappa shape index (κ1) is 12.2. The van der Waals surface area contributed by atoms with Gasteiger partial charge in [0.05, 0.1) is 5.56 Å². The van der Waals surface area contributed by atoms with E-state index in [0.717, 1.165) is 9.13 Å². The number of hydrogen-bond acceptors (Lipinski definition) is 3. The van der Waals surface area contributed by atoms with Crippen LogP contribution in [0.25, 0.3) is 22.6 Å². The molecule has 0 aliphatic rings. The third-order valence-electron chi connectivity index (χ3n) is 2.73. The lowest BCUT2D eigenvalue weighted by Crippen LogP contribution is -1.94. The summed E-state index contributed by atoms with van der Waals surface area (Å²) in [6, 6.07) is 12.4. The zero-order valence-corrected chi connectivity index (χ0v) is 11.8. The van der Waals surface area contributed by atoms with Gasteiger partial charge in [0.2, 0.25) is 5.89 Å². The number of benzene rings is 2. The van der Waals surface area contributed by atoms with E-state index in [9.17, 15) is 4.79 Å². The largest absolute Gasteiger partial charge is 0.478 e. The number of carboxylic acid groups (broad SMARTS) is 1. The molecule has 0 aliphatic heterocycles. The van der Waals surface area contributed by atoms with Gasteiger partial charge in [-0.3, -0.25) is 0 Å². The Bertz CT molecular complexity index is 762. The molecule has 1 aromatic heterocycles. The predicted octanol–water partition coefficient (Wildman–Crippen LogP) is 3.80. The van der Waals surface area contributed by atoms with Crippen molar-refractivity contribution in [2.45, 2.75) is 0 Å².